The SMILES string of the molecule is COc1cccc2[nH]c(C(=O)N3CC(C45CC(C4)C5)CC3(C)C)cc12. The summed E-state index contributed by atoms with van der Waals surface area (Å²) in [5.74, 6) is 2.60. The van der Waals surface area contributed by atoms with Crippen molar-refractivity contribution in [1.29, 1.82) is 0 Å². The number of benzene rings is 1. The number of carbonyl (C=O) groups excluding carboxylic acids is 1. The van der Waals surface area contributed by atoms with E-state index in [-0.39, 0.29) is 11.4 Å². The minimum Gasteiger partial charge on any atom is -0.496 e. The van der Waals surface area contributed by atoms with Crippen LogP contribution in [-0.2, 0) is 0 Å². The molecule has 1 unspecified atom stereocenters. The van der Waals surface area contributed by atoms with Gasteiger partial charge < -0.3 is 14.6 Å². The van der Waals surface area contributed by atoms with Crippen LogP contribution >= 0.6 is 0 Å². The summed E-state index contributed by atoms with van der Waals surface area (Å²) in [6.45, 7) is 5.35. The second-order valence-electron chi connectivity index (χ2n) is 9.07. The highest BCUT2D eigenvalue weighted by molar-refractivity contribution is 6.00. The standard InChI is InChI=1S/C21H26N2O2/c1-20(2)11-14(21-8-13(9-21)10-21)12-23(20)19(24)17-7-15-16(22-17)5-4-6-18(15)25-3/h4-7,13-14,22H,8-12H2,1-3H3. The quantitative estimate of drug-likeness (QED) is 0.911. The molecule has 4 nitrogen and oxygen atoms in total. The summed E-state index contributed by atoms with van der Waals surface area (Å²) in [5.41, 5.74) is 2.13. The Labute approximate surface area is 148 Å². The summed E-state index contributed by atoms with van der Waals surface area (Å²) in [7, 11) is 1.67. The van der Waals surface area contributed by atoms with E-state index in [1.54, 1.807) is 7.11 Å². The zero-order chi connectivity index (χ0) is 17.4. The monoisotopic (exact) mass is 338 g/mol. The first-order chi connectivity index (χ1) is 11.9. The minimum atomic E-state index is -0.0709. The van der Waals surface area contributed by atoms with E-state index in [2.05, 4.69) is 23.7 Å². The number of rotatable bonds is 3. The molecule has 3 aliphatic carbocycles. The molecule has 1 amide bonds. The van der Waals surface area contributed by atoms with Crippen LogP contribution in [0.5, 0.6) is 5.75 Å². The van der Waals surface area contributed by atoms with Crippen LogP contribution in [-0.4, -0.2) is 35.0 Å². The molecular formula is C21H26N2O2. The van der Waals surface area contributed by atoms with Crippen molar-refractivity contribution in [3.05, 3.63) is 30.0 Å². The summed E-state index contributed by atoms with van der Waals surface area (Å²) in [6.07, 6.45) is 5.34. The highest BCUT2D eigenvalue weighted by Crippen LogP contribution is 2.70. The van der Waals surface area contributed by atoms with E-state index in [1.165, 1.54) is 19.3 Å². The number of hydrogen-bond acceptors (Lipinski definition) is 2. The highest BCUT2D eigenvalue weighted by atomic mass is 16.5. The molecule has 1 N–H and O–H groups in total. The van der Waals surface area contributed by atoms with Crippen molar-refractivity contribution in [2.45, 2.75) is 45.1 Å². The number of nitrogens with zero attached hydrogens (tertiary/aromatic N) is 1. The van der Waals surface area contributed by atoms with Crippen LogP contribution in [0.2, 0.25) is 0 Å². The third-order valence-electron chi connectivity index (χ3n) is 7.15. The number of amides is 1. The fourth-order valence-electron chi connectivity index (χ4n) is 5.62. The van der Waals surface area contributed by atoms with Gasteiger partial charge in [0.2, 0.25) is 0 Å². The highest BCUT2D eigenvalue weighted by Gasteiger charge is 2.63. The van der Waals surface area contributed by atoms with Gasteiger partial charge in [-0.25, -0.2) is 0 Å². The van der Waals surface area contributed by atoms with Gasteiger partial charge in [0.05, 0.1) is 7.11 Å². The summed E-state index contributed by atoms with van der Waals surface area (Å²) in [6, 6.07) is 7.82. The molecule has 1 aromatic heterocycles. The molecule has 4 aliphatic rings. The molecule has 1 aromatic carbocycles. The Morgan fingerprint density at radius 3 is 2.64 bits per heavy atom. The lowest BCUT2D eigenvalue weighted by molar-refractivity contribution is -0.147. The van der Waals surface area contributed by atoms with Gasteiger partial charge in [-0.3, -0.25) is 4.79 Å². The van der Waals surface area contributed by atoms with Crippen molar-refractivity contribution < 1.29 is 9.53 Å². The minimum absolute atomic E-state index is 0.0709. The first-order valence-electron chi connectivity index (χ1n) is 9.40. The second kappa shape index (κ2) is 4.80. The van der Waals surface area contributed by atoms with Crippen LogP contribution in [0.25, 0.3) is 10.9 Å². The maximum Gasteiger partial charge on any atom is 0.270 e. The molecular weight excluding hydrogens is 312 g/mol. The lowest BCUT2D eigenvalue weighted by atomic mass is 9.40. The molecule has 4 fully saturated rings. The fraction of sp³-hybridized carbons (Fsp3) is 0.571. The molecule has 0 radical (unpaired) electrons. The topological polar surface area (TPSA) is 45.3 Å². The van der Waals surface area contributed by atoms with Gasteiger partial charge in [0.25, 0.3) is 5.91 Å². The van der Waals surface area contributed by atoms with Crippen molar-refractivity contribution in [3.63, 3.8) is 0 Å². The number of hydrogen-bond donors (Lipinski definition) is 1. The molecule has 1 atom stereocenters. The van der Waals surface area contributed by atoms with Crippen molar-refractivity contribution in [3.8, 4) is 5.75 Å². The van der Waals surface area contributed by atoms with Crippen LogP contribution < -0.4 is 4.74 Å². The van der Waals surface area contributed by atoms with Crippen LogP contribution in [0.3, 0.4) is 0 Å². The number of methoxy groups -OCH3 is 1. The summed E-state index contributed by atoms with van der Waals surface area (Å²) in [5, 5.41) is 0.973. The molecule has 132 valence electrons. The van der Waals surface area contributed by atoms with Gasteiger partial charge in [-0.05, 0) is 75.0 Å². The number of carbonyl (C=O) groups is 1. The van der Waals surface area contributed by atoms with Crippen LogP contribution in [0, 0.1) is 17.3 Å². The van der Waals surface area contributed by atoms with Gasteiger partial charge in [0.1, 0.15) is 11.4 Å². The fourth-order valence-corrected chi connectivity index (χ4v) is 5.62. The Morgan fingerprint density at radius 1 is 1.24 bits per heavy atom. The number of likely N-dealkylation sites (tertiary alicyclic amines) is 1. The van der Waals surface area contributed by atoms with Crippen molar-refractivity contribution in [1.82, 2.24) is 9.88 Å². The molecule has 2 heterocycles. The Morgan fingerprint density at radius 2 is 2.00 bits per heavy atom. The Kier molecular flexibility index (Phi) is 2.94. The van der Waals surface area contributed by atoms with Gasteiger partial charge in [-0.2, -0.15) is 0 Å². The van der Waals surface area contributed by atoms with Gasteiger partial charge in [0, 0.05) is 23.0 Å². The summed E-state index contributed by atoms with van der Waals surface area (Å²) >= 11 is 0. The van der Waals surface area contributed by atoms with Gasteiger partial charge in [0.15, 0.2) is 0 Å². The second-order valence-corrected chi connectivity index (χ2v) is 9.07. The molecule has 4 heteroatoms. The van der Waals surface area contributed by atoms with E-state index in [0.29, 0.717) is 17.0 Å². The van der Waals surface area contributed by atoms with E-state index >= 15 is 0 Å². The number of ether oxygens (including phenoxy) is 1. The average Bonchev–Trinajstić information content (AvgIpc) is 3.03. The van der Waals surface area contributed by atoms with Crippen LogP contribution in [0.15, 0.2) is 24.3 Å². The lowest BCUT2D eigenvalue weighted by Gasteiger charge is -2.65. The van der Waals surface area contributed by atoms with Crippen LogP contribution in [0.1, 0.15) is 50.0 Å². The molecule has 1 saturated heterocycles. The zero-order valence-corrected chi connectivity index (χ0v) is 15.3. The smallest absolute Gasteiger partial charge is 0.270 e. The third kappa shape index (κ3) is 2.03. The average molecular weight is 338 g/mol. The predicted molar refractivity (Wildman–Crippen MR) is 97.8 cm³/mol. The number of H-pyrrole nitrogens is 1. The number of aromatic nitrogens is 1. The van der Waals surface area contributed by atoms with Gasteiger partial charge >= 0.3 is 0 Å². The molecule has 6 rings (SSSR count). The third-order valence-corrected chi connectivity index (χ3v) is 7.15. The Bertz CT molecular complexity index is 849. The first-order valence-corrected chi connectivity index (χ1v) is 9.40. The van der Waals surface area contributed by atoms with Gasteiger partial charge in [-0.1, -0.05) is 6.07 Å². The largest absolute Gasteiger partial charge is 0.496 e. The number of fused-ring (bicyclic) bond motifs is 1. The molecule has 2 bridgehead atoms. The first kappa shape index (κ1) is 15.3. The molecule has 3 saturated carbocycles. The van der Waals surface area contributed by atoms with E-state index in [0.717, 1.165) is 35.5 Å². The van der Waals surface area contributed by atoms with Crippen molar-refractivity contribution >= 4 is 16.8 Å². The Balaban J connectivity index is 1.45. The normalized spacial score (nSPS) is 32.4. The molecule has 2 aromatic rings. The molecule has 1 aliphatic heterocycles. The van der Waals surface area contributed by atoms with Crippen molar-refractivity contribution in [2.24, 2.45) is 17.3 Å². The zero-order valence-electron chi connectivity index (χ0n) is 15.3. The van der Waals surface area contributed by atoms with Crippen molar-refractivity contribution in [2.75, 3.05) is 13.7 Å². The Hall–Kier alpha value is -1.97. The maximum absolute atomic E-state index is 13.3. The van der Waals surface area contributed by atoms with E-state index in [4.69, 9.17) is 4.74 Å². The van der Waals surface area contributed by atoms with Crippen LogP contribution in [0.4, 0.5) is 0 Å². The number of aromatic amines is 1. The summed E-state index contributed by atoms with van der Waals surface area (Å²) < 4.78 is 5.43. The van der Waals surface area contributed by atoms with E-state index in [1.807, 2.05) is 24.3 Å². The van der Waals surface area contributed by atoms with Gasteiger partial charge in [-0.15, -0.1) is 0 Å². The van der Waals surface area contributed by atoms with E-state index in [9.17, 15) is 4.79 Å². The van der Waals surface area contributed by atoms with E-state index < -0.39 is 0 Å². The number of nitrogens with one attached hydrogen (secondary N) is 1. The molecule has 25 heavy (non-hydrogen) atoms. The lowest BCUT2D eigenvalue weighted by Crippen LogP contribution is -2.56. The maximum atomic E-state index is 13.3. The summed E-state index contributed by atoms with van der Waals surface area (Å²) in [4.78, 5) is 18.7. The molecule has 0 spiro atoms. The predicted octanol–water partition coefficient (Wildman–Crippen LogP) is 4.22.